The first-order chi connectivity index (χ1) is 7.31. The summed E-state index contributed by atoms with van der Waals surface area (Å²) in [7, 11) is 0. The van der Waals surface area contributed by atoms with Gasteiger partial charge in [-0.1, -0.05) is 6.92 Å². The molecule has 82 valence electrons. The van der Waals surface area contributed by atoms with Crippen LogP contribution in [0.1, 0.15) is 13.3 Å². The predicted octanol–water partition coefficient (Wildman–Crippen LogP) is 1.28. The number of anilines is 2. The Bertz CT molecular complexity index is 329. The van der Waals surface area contributed by atoms with Gasteiger partial charge >= 0.3 is 0 Å². The molecule has 0 saturated carbocycles. The van der Waals surface area contributed by atoms with Gasteiger partial charge in [-0.3, -0.25) is 0 Å². The summed E-state index contributed by atoms with van der Waals surface area (Å²) >= 11 is 0. The highest BCUT2D eigenvalue weighted by atomic mass is 16.5. The van der Waals surface area contributed by atoms with E-state index in [1.807, 2.05) is 12.1 Å². The van der Waals surface area contributed by atoms with Crippen LogP contribution in [0.4, 0.5) is 11.5 Å². The average molecular weight is 207 g/mol. The van der Waals surface area contributed by atoms with E-state index < -0.39 is 0 Å². The number of nitrogens with zero attached hydrogens (tertiary/aromatic N) is 2. The molecule has 1 aliphatic heterocycles. The first-order valence-electron chi connectivity index (χ1n) is 5.38. The van der Waals surface area contributed by atoms with Crippen LogP contribution in [0.25, 0.3) is 0 Å². The minimum absolute atomic E-state index is 0.318. The van der Waals surface area contributed by atoms with E-state index in [-0.39, 0.29) is 0 Å². The van der Waals surface area contributed by atoms with Crippen molar-refractivity contribution in [2.45, 2.75) is 19.4 Å². The van der Waals surface area contributed by atoms with Crippen molar-refractivity contribution >= 4 is 11.5 Å². The molecule has 1 fully saturated rings. The van der Waals surface area contributed by atoms with Crippen molar-refractivity contribution in [2.75, 3.05) is 30.3 Å². The smallest absolute Gasteiger partial charge is 0.146 e. The van der Waals surface area contributed by atoms with E-state index in [0.29, 0.717) is 11.9 Å². The Labute approximate surface area is 90.0 Å². The number of ether oxygens (including phenoxy) is 1. The van der Waals surface area contributed by atoms with Gasteiger partial charge in [0.05, 0.1) is 18.4 Å². The van der Waals surface area contributed by atoms with Crippen LogP contribution >= 0.6 is 0 Å². The second kappa shape index (κ2) is 4.49. The lowest BCUT2D eigenvalue weighted by molar-refractivity contribution is 0.0384. The normalized spacial score (nSPS) is 21.7. The Kier molecular flexibility index (Phi) is 3.06. The highest BCUT2D eigenvalue weighted by Gasteiger charge is 2.20. The molecule has 2 N–H and O–H groups in total. The van der Waals surface area contributed by atoms with Gasteiger partial charge in [0.25, 0.3) is 0 Å². The Morgan fingerprint density at radius 1 is 1.67 bits per heavy atom. The molecule has 1 saturated heterocycles. The van der Waals surface area contributed by atoms with Gasteiger partial charge in [-0.05, 0) is 18.6 Å². The summed E-state index contributed by atoms with van der Waals surface area (Å²) in [6.45, 7) is 4.71. The second-order valence-electron chi connectivity index (χ2n) is 3.75. The van der Waals surface area contributed by atoms with Crippen LogP contribution in [0.2, 0.25) is 0 Å². The van der Waals surface area contributed by atoms with Crippen molar-refractivity contribution in [3.8, 4) is 0 Å². The minimum atomic E-state index is 0.318. The molecule has 4 nitrogen and oxygen atoms in total. The summed E-state index contributed by atoms with van der Waals surface area (Å²) in [5.74, 6) is 0.606. The first kappa shape index (κ1) is 10.2. The topological polar surface area (TPSA) is 51.4 Å². The van der Waals surface area contributed by atoms with Crippen LogP contribution in [0.5, 0.6) is 0 Å². The molecule has 4 heteroatoms. The van der Waals surface area contributed by atoms with E-state index in [9.17, 15) is 0 Å². The lowest BCUT2D eigenvalue weighted by atomic mass is 10.2. The van der Waals surface area contributed by atoms with Crippen LogP contribution < -0.4 is 10.6 Å². The molecule has 1 aromatic rings. The fourth-order valence-electron chi connectivity index (χ4n) is 1.86. The number of rotatable bonds is 2. The summed E-state index contributed by atoms with van der Waals surface area (Å²) in [6, 6.07) is 3.93. The molecule has 1 unspecified atom stereocenters. The summed E-state index contributed by atoms with van der Waals surface area (Å²) in [5, 5.41) is 0. The van der Waals surface area contributed by atoms with Crippen LogP contribution in [0.3, 0.4) is 0 Å². The minimum Gasteiger partial charge on any atom is -0.382 e. The number of morpholine rings is 1. The molecule has 2 rings (SSSR count). The van der Waals surface area contributed by atoms with Crippen LogP contribution in [-0.2, 0) is 4.74 Å². The van der Waals surface area contributed by atoms with Gasteiger partial charge in [0, 0.05) is 19.3 Å². The molecule has 1 atom stereocenters. The zero-order valence-corrected chi connectivity index (χ0v) is 9.02. The predicted molar refractivity (Wildman–Crippen MR) is 60.9 cm³/mol. The maximum Gasteiger partial charge on any atom is 0.146 e. The molecular formula is C11H17N3O. The lowest BCUT2D eigenvalue weighted by Crippen LogP contribution is -2.42. The highest BCUT2D eigenvalue weighted by molar-refractivity contribution is 5.63. The zero-order chi connectivity index (χ0) is 10.7. The van der Waals surface area contributed by atoms with Crippen molar-refractivity contribution in [2.24, 2.45) is 0 Å². The molecule has 1 aromatic heterocycles. The molecule has 0 amide bonds. The molecule has 0 spiro atoms. The molecule has 15 heavy (non-hydrogen) atoms. The molecule has 0 radical (unpaired) electrons. The van der Waals surface area contributed by atoms with Crippen molar-refractivity contribution < 1.29 is 4.74 Å². The maximum atomic E-state index is 5.84. The third-order valence-electron chi connectivity index (χ3n) is 2.75. The summed E-state index contributed by atoms with van der Waals surface area (Å²) in [4.78, 5) is 6.35. The summed E-state index contributed by atoms with van der Waals surface area (Å²) in [6.07, 6.45) is 3.08. The lowest BCUT2D eigenvalue weighted by Gasteiger charge is -2.34. The van der Waals surface area contributed by atoms with Crippen molar-refractivity contribution in [3.63, 3.8) is 0 Å². The van der Waals surface area contributed by atoms with Crippen LogP contribution in [0, 0.1) is 0 Å². The first-order valence-corrected chi connectivity index (χ1v) is 5.38. The Hall–Kier alpha value is -1.29. The standard InChI is InChI=1S/C11H17N3O/c1-2-9-8-14(6-7-15-9)10-4-3-5-13-11(10)12/h3-5,9H,2,6-8H2,1H3,(H2,12,13). The van der Waals surface area contributed by atoms with Gasteiger partial charge in [0.1, 0.15) is 5.82 Å². The third-order valence-corrected chi connectivity index (χ3v) is 2.75. The van der Waals surface area contributed by atoms with Gasteiger partial charge in [0.2, 0.25) is 0 Å². The number of aromatic nitrogens is 1. The summed E-state index contributed by atoms with van der Waals surface area (Å²) in [5.41, 5.74) is 6.87. The summed E-state index contributed by atoms with van der Waals surface area (Å²) < 4.78 is 5.62. The zero-order valence-electron chi connectivity index (χ0n) is 9.02. The number of hydrogen-bond acceptors (Lipinski definition) is 4. The van der Waals surface area contributed by atoms with E-state index in [1.165, 1.54) is 0 Å². The molecule has 1 aliphatic rings. The molecule has 2 heterocycles. The third kappa shape index (κ3) is 2.21. The molecule has 0 aliphatic carbocycles. The van der Waals surface area contributed by atoms with Crippen LogP contribution in [0.15, 0.2) is 18.3 Å². The number of nitrogen functional groups attached to an aromatic ring is 1. The molecule has 0 bridgehead atoms. The SMILES string of the molecule is CCC1CN(c2cccnc2N)CCO1. The molecule has 0 aromatic carbocycles. The van der Waals surface area contributed by atoms with Gasteiger partial charge in [0.15, 0.2) is 0 Å². The Morgan fingerprint density at radius 2 is 2.53 bits per heavy atom. The van der Waals surface area contributed by atoms with Crippen molar-refractivity contribution in [3.05, 3.63) is 18.3 Å². The van der Waals surface area contributed by atoms with Crippen LogP contribution in [-0.4, -0.2) is 30.8 Å². The second-order valence-corrected chi connectivity index (χ2v) is 3.75. The highest BCUT2D eigenvalue weighted by Crippen LogP contribution is 2.22. The number of pyridine rings is 1. The quantitative estimate of drug-likeness (QED) is 0.793. The van der Waals surface area contributed by atoms with E-state index in [1.54, 1.807) is 6.20 Å². The van der Waals surface area contributed by atoms with Crippen molar-refractivity contribution in [1.82, 2.24) is 4.98 Å². The van der Waals surface area contributed by atoms with E-state index in [0.717, 1.165) is 31.8 Å². The number of hydrogen-bond donors (Lipinski definition) is 1. The van der Waals surface area contributed by atoms with Gasteiger partial charge in [-0.25, -0.2) is 4.98 Å². The largest absolute Gasteiger partial charge is 0.382 e. The van der Waals surface area contributed by atoms with Gasteiger partial charge in [-0.15, -0.1) is 0 Å². The van der Waals surface area contributed by atoms with Gasteiger partial charge < -0.3 is 15.4 Å². The Balaban J connectivity index is 2.13. The average Bonchev–Trinajstić information content (AvgIpc) is 2.30. The monoisotopic (exact) mass is 207 g/mol. The van der Waals surface area contributed by atoms with Crippen molar-refractivity contribution in [1.29, 1.82) is 0 Å². The Morgan fingerprint density at radius 3 is 3.27 bits per heavy atom. The molecular weight excluding hydrogens is 190 g/mol. The van der Waals surface area contributed by atoms with E-state index in [2.05, 4.69) is 16.8 Å². The fourth-order valence-corrected chi connectivity index (χ4v) is 1.86. The maximum absolute atomic E-state index is 5.84. The van der Waals surface area contributed by atoms with E-state index in [4.69, 9.17) is 10.5 Å². The number of nitrogens with two attached hydrogens (primary N) is 1. The fraction of sp³-hybridized carbons (Fsp3) is 0.545. The van der Waals surface area contributed by atoms with E-state index >= 15 is 0 Å². The van der Waals surface area contributed by atoms with Gasteiger partial charge in [-0.2, -0.15) is 0 Å².